The normalized spacial score (nSPS) is 29.7. The van der Waals surface area contributed by atoms with Crippen molar-refractivity contribution in [2.24, 2.45) is 4.99 Å². The van der Waals surface area contributed by atoms with Crippen LogP contribution in [-0.2, 0) is 14.2 Å². The van der Waals surface area contributed by atoms with Crippen LogP contribution in [0.3, 0.4) is 0 Å². The quantitative estimate of drug-likeness (QED) is 0.545. The molecule has 0 saturated carbocycles. The van der Waals surface area contributed by atoms with E-state index < -0.39 is 0 Å². The number of hydrogen-bond acceptors (Lipinski definition) is 5. The van der Waals surface area contributed by atoms with Crippen LogP contribution in [0.25, 0.3) is 0 Å². The molecule has 0 amide bonds. The number of hydrogen-bond donors (Lipinski definition) is 1. The molecule has 1 N–H and O–H groups in total. The zero-order chi connectivity index (χ0) is 19.8. The average Bonchev–Trinajstić information content (AvgIpc) is 2.74. The van der Waals surface area contributed by atoms with E-state index >= 15 is 0 Å². The van der Waals surface area contributed by atoms with Crippen molar-refractivity contribution in [3.63, 3.8) is 0 Å². The summed E-state index contributed by atoms with van der Waals surface area (Å²) < 4.78 is 17.5. The van der Waals surface area contributed by atoms with E-state index in [0.29, 0.717) is 24.3 Å². The van der Waals surface area contributed by atoms with Gasteiger partial charge in [0.1, 0.15) is 0 Å². The Bertz CT molecular complexity index is 476. The topological polar surface area (TPSA) is 58.6 Å². The minimum absolute atomic E-state index is 0.310. The van der Waals surface area contributed by atoms with Gasteiger partial charge in [-0.2, -0.15) is 0 Å². The van der Waals surface area contributed by atoms with E-state index in [4.69, 9.17) is 14.2 Å². The number of ether oxygens (including phenoxy) is 3. The lowest BCUT2D eigenvalue weighted by molar-refractivity contribution is -0.0721. The lowest BCUT2D eigenvalue weighted by Crippen LogP contribution is -2.54. The summed E-state index contributed by atoms with van der Waals surface area (Å²) in [7, 11) is 1.88. The Morgan fingerprint density at radius 2 is 2.00 bits per heavy atom. The van der Waals surface area contributed by atoms with Crippen LogP contribution in [0.1, 0.15) is 46.0 Å². The molecule has 0 aromatic carbocycles. The van der Waals surface area contributed by atoms with Crippen LogP contribution in [0.2, 0.25) is 0 Å². The lowest BCUT2D eigenvalue weighted by Gasteiger charge is -2.39. The van der Waals surface area contributed by atoms with Crippen LogP contribution in [0, 0.1) is 0 Å². The number of aliphatic imine (C=N–C) groups is 1. The summed E-state index contributed by atoms with van der Waals surface area (Å²) in [5.41, 5.74) is 0. The highest BCUT2D eigenvalue weighted by Crippen LogP contribution is 2.18. The molecule has 0 aromatic rings. The number of piperidine rings is 1. The van der Waals surface area contributed by atoms with Gasteiger partial charge in [-0.05, 0) is 46.0 Å². The third-order valence-corrected chi connectivity index (χ3v) is 6.29. The molecule has 3 saturated heterocycles. The maximum atomic E-state index is 6.14. The molecular formula is C21H40N4O3. The monoisotopic (exact) mass is 396 g/mol. The largest absolute Gasteiger partial charge is 0.379 e. The van der Waals surface area contributed by atoms with Crippen molar-refractivity contribution in [2.75, 3.05) is 59.7 Å². The molecule has 0 aromatic heterocycles. The molecule has 3 aliphatic heterocycles. The van der Waals surface area contributed by atoms with E-state index in [9.17, 15) is 0 Å². The predicted molar refractivity (Wildman–Crippen MR) is 112 cm³/mol. The second kappa shape index (κ2) is 11.3. The fourth-order valence-corrected chi connectivity index (χ4v) is 4.50. The van der Waals surface area contributed by atoms with Crippen molar-refractivity contribution in [1.29, 1.82) is 0 Å². The van der Waals surface area contributed by atoms with Gasteiger partial charge in [0.2, 0.25) is 0 Å². The van der Waals surface area contributed by atoms with Crippen LogP contribution < -0.4 is 5.32 Å². The Hall–Kier alpha value is -0.890. The highest BCUT2D eigenvalue weighted by Gasteiger charge is 2.26. The predicted octanol–water partition coefficient (Wildman–Crippen LogP) is 1.72. The van der Waals surface area contributed by atoms with Gasteiger partial charge >= 0.3 is 0 Å². The number of morpholine rings is 1. The number of nitrogens with one attached hydrogen (secondary N) is 1. The fourth-order valence-electron chi connectivity index (χ4n) is 4.50. The molecule has 3 rings (SSSR count). The van der Waals surface area contributed by atoms with Crippen LogP contribution in [0.5, 0.6) is 0 Å². The van der Waals surface area contributed by atoms with Crippen molar-refractivity contribution < 1.29 is 14.2 Å². The molecule has 0 aliphatic carbocycles. The van der Waals surface area contributed by atoms with Crippen molar-refractivity contribution in [3.05, 3.63) is 0 Å². The van der Waals surface area contributed by atoms with E-state index in [2.05, 4.69) is 34.0 Å². The highest BCUT2D eigenvalue weighted by atomic mass is 16.5. The second-order valence-corrected chi connectivity index (χ2v) is 8.45. The first-order chi connectivity index (χ1) is 13.7. The summed E-state index contributed by atoms with van der Waals surface area (Å²) in [5.74, 6) is 1.02. The van der Waals surface area contributed by atoms with Crippen LogP contribution >= 0.6 is 0 Å². The zero-order valence-corrected chi connectivity index (χ0v) is 18.1. The van der Waals surface area contributed by atoms with Gasteiger partial charge in [0.25, 0.3) is 0 Å². The molecule has 7 heteroatoms. The van der Waals surface area contributed by atoms with Crippen molar-refractivity contribution in [1.82, 2.24) is 15.1 Å². The van der Waals surface area contributed by atoms with Crippen LogP contribution in [-0.4, -0.2) is 99.7 Å². The van der Waals surface area contributed by atoms with Gasteiger partial charge in [0.15, 0.2) is 5.96 Å². The van der Waals surface area contributed by atoms with E-state index in [1.165, 1.54) is 12.8 Å². The number of rotatable bonds is 6. The Morgan fingerprint density at radius 1 is 1.18 bits per heavy atom. The van der Waals surface area contributed by atoms with E-state index in [-0.39, 0.29) is 0 Å². The van der Waals surface area contributed by atoms with E-state index in [0.717, 1.165) is 77.8 Å². The second-order valence-electron chi connectivity index (χ2n) is 8.45. The summed E-state index contributed by atoms with van der Waals surface area (Å²) >= 11 is 0. The van der Waals surface area contributed by atoms with E-state index in [1.807, 2.05) is 7.05 Å². The molecule has 3 heterocycles. The van der Waals surface area contributed by atoms with Crippen LogP contribution in [0.15, 0.2) is 4.99 Å². The minimum atomic E-state index is 0.310. The molecule has 3 aliphatic rings. The average molecular weight is 397 g/mol. The van der Waals surface area contributed by atoms with Gasteiger partial charge < -0.3 is 24.4 Å². The smallest absolute Gasteiger partial charge is 0.193 e. The summed E-state index contributed by atoms with van der Waals surface area (Å²) in [6.07, 6.45) is 6.40. The third-order valence-electron chi connectivity index (χ3n) is 6.29. The summed E-state index contributed by atoms with van der Waals surface area (Å²) in [6.45, 7) is 11.8. The molecule has 0 radical (unpaired) electrons. The van der Waals surface area contributed by atoms with Gasteiger partial charge in [-0.1, -0.05) is 0 Å². The lowest BCUT2D eigenvalue weighted by atomic mass is 10.1. The third kappa shape index (κ3) is 6.31. The standard InChI is InChI=1S/C21H40N4O3/c1-17(25-11-13-26-15-18(25)2)14-23-21(22-3)24-9-7-19(8-10-24)28-16-20-6-4-5-12-27-20/h17-20H,4-16H2,1-3H3,(H,22,23). The first-order valence-electron chi connectivity index (χ1n) is 11.2. The van der Waals surface area contributed by atoms with E-state index in [1.54, 1.807) is 0 Å². The number of likely N-dealkylation sites (tertiary alicyclic amines) is 1. The van der Waals surface area contributed by atoms with Gasteiger partial charge in [0, 0.05) is 51.9 Å². The van der Waals surface area contributed by atoms with Gasteiger partial charge in [0.05, 0.1) is 32.0 Å². The van der Waals surface area contributed by atoms with Crippen molar-refractivity contribution in [3.8, 4) is 0 Å². The molecule has 3 fully saturated rings. The van der Waals surface area contributed by atoms with Crippen molar-refractivity contribution >= 4 is 5.96 Å². The highest BCUT2D eigenvalue weighted by molar-refractivity contribution is 5.80. The molecular weight excluding hydrogens is 356 g/mol. The number of guanidine groups is 1. The SMILES string of the molecule is CN=C(NCC(C)N1CCOCC1C)N1CCC(OCC2CCCCO2)CC1. The molecule has 0 bridgehead atoms. The summed E-state index contributed by atoms with van der Waals surface area (Å²) in [5, 5.41) is 3.59. The fraction of sp³-hybridized carbons (Fsp3) is 0.952. The molecule has 3 unspecified atom stereocenters. The first kappa shape index (κ1) is 21.8. The summed E-state index contributed by atoms with van der Waals surface area (Å²) in [6, 6.07) is 0.945. The maximum absolute atomic E-state index is 6.14. The molecule has 162 valence electrons. The van der Waals surface area contributed by atoms with Crippen LogP contribution in [0.4, 0.5) is 0 Å². The molecule has 3 atom stereocenters. The molecule has 28 heavy (non-hydrogen) atoms. The van der Waals surface area contributed by atoms with Crippen molar-refractivity contribution in [2.45, 2.75) is 70.2 Å². The van der Waals surface area contributed by atoms with Gasteiger partial charge in [-0.3, -0.25) is 9.89 Å². The zero-order valence-electron chi connectivity index (χ0n) is 18.1. The number of nitrogens with zero attached hydrogens (tertiary/aromatic N) is 3. The Morgan fingerprint density at radius 3 is 2.68 bits per heavy atom. The Balaban J connectivity index is 1.36. The molecule has 0 spiro atoms. The molecule has 7 nitrogen and oxygen atoms in total. The van der Waals surface area contributed by atoms with Gasteiger partial charge in [-0.15, -0.1) is 0 Å². The minimum Gasteiger partial charge on any atom is -0.379 e. The Labute approximate surface area is 170 Å². The maximum Gasteiger partial charge on any atom is 0.193 e. The Kier molecular flexibility index (Phi) is 8.83. The first-order valence-corrected chi connectivity index (χ1v) is 11.2. The summed E-state index contributed by atoms with van der Waals surface area (Å²) in [4.78, 5) is 9.41. The van der Waals surface area contributed by atoms with Gasteiger partial charge in [-0.25, -0.2) is 0 Å².